The number of hydrogen-bond donors (Lipinski definition) is 1. The maximum atomic E-state index is 12.7. The van der Waals surface area contributed by atoms with Crippen LogP contribution in [0.25, 0.3) is 0 Å². The Kier molecular flexibility index (Phi) is 6.57. The highest BCUT2D eigenvalue weighted by molar-refractivity contribution is 6.30. The fourth-order valence-electron chi connectivity index (χ4n) is 6.28. The molecule has 1 aromatic rings. The maximum absolute atomic E-state index is 12.7. The van der Waals surface area contributed by atoms with E-state index in [1.165, 1.54) is 0 Å². The van der Waals surface area contributed by atoms with Gasteiger partial charge in [0.2, 0.25) is 5.91 Å². The van der Waals surface area contributed by atoms with Crippen molar-refractivity contribution in [3.63, 3.8) is 0 Å². The number of ether oxygens (including phenoxy) is 1. The van der Waals surface area contributed by atoms with Crippen LogP contribution >= 0.6 is 11.6 Å². The molecule has 3 aliphatic rings. The fraction of sp³-hybridized carbons (Fsp3) is 0.667. The molecular weight excluding hydrogens is 400 g/mol. The van der Waals surface area contributed by atoms with Gasteiger partial charge in [0, 0.05) is 36.0 Å². The van der Waals surface area contributed by atoms with Gasteiger partial charge >= 0.3 is 6.09 Å². The number of rotatable bonds is 5. The molecule has 1 aliphatic carbocycles. The highest BCUT2D eigenvalue weighted by Crippen LogP contribution is 2.53. The van der Waals surface area contributed by atoms with E-state index in [-0.39, 0.29) is 17.7 Å². The molecule has 164 valence electrons. The number of nitrogens with one attached hydrogen (secondary N) is 1. The van der Waals surface area contributed by atoms with Crippen LogP contribution in [-0.2, 0) is 16.1 Å². The van der Waals surface area contributed by atoms with Crippen LogP contribution in [0.5, 0.6) is 0 Å². The van der Waals surface area contributed by atoms with Gasteiger partial charge in [-0.3, -0.25) is 4.79 Å². The Morgan fingerprint density at radius 2 is 2.03 bits per heavy atom. The molecule has 0 radical (unpaired) electrons. The number of halogens is 1. The van der Waals surface area contributed by atoms with E-state index in [2.05, 4.69) is 17.1 Å². The maximum Gasteiger partial charge on any atom is 0.407 e. The van der Waals surface area contributed by atoms with Crippen LogP contribution in [0.2, 0.25) is 5.02 Å². The van der Waals surface area contributed by atoms with Crippen molar-refractivity contribution in [3.05, 3.63) is 34.9 Å². The van der Waals surface area contributed by atoms with Crippen molar-refractivity contribution in [2.24, 2.45) is 11.8 Å². The lowest BCUT2D eigenvalue weighted by Gasteiger charge is -2.52. The number of hydrogen-bond acceptors (Lipinski definition) is 3. The van der Waals surface area contributed by atoms with Crippen molar-refractivity contribution in [1.29, 1.82) is 0 Å². The van der Waals surface area contributed by atoms with Crippen molar-refractivity contribution >= 4 is 23.6 Å². The van der Waals surface area contributed by atoms with E-state index in [1.54, 1.807) is 0 Å². The van der Waals surface area contributed by atoms with Gasteiger partial charge in [0.05, 0.1) is 0 Å². The molecule has 0 unspecified atom stereocenters. The van der Waals surface area contributed by atoms with E-state index in [0.29, 0.717) is 35.7 Å². The highest BCUT2D eigenvalue weighted by atomic mass is 35.5. The SMILES string of the molecule is CCC[C@H]1[C@@H](OC(=O)NCc2ccc(Cl)cc2)CC[C@@]23CCCN2C(=O)CCC[C@@H]13. The summed E-state index contributed by atoms with van der Waals surface area (Å²) in [5.74, 6) is 1.11. The van der Waals surface area contributed by atoms with Crippen LogP contribution in [0.1, 0.15) is 70.3 Å². The summed E-state index contributed by atoms with van der Waals surface area (Å²) in [5.41, 5.74) is 1.00. The third-order valence-corrected chi connectivity index (χ3v) is 7.76. The van der Waals surface area contributed by atoms with Crippen LogP contribution in [0.15, 0.2) is 24.3 Å². The van der Waals surface area contributed by atoms with Crippen LogP contribution < -0.4 is 5.32 Å². The zero-order chi connectivity index (χ0) is 21.1. The van der Waals surface area contributed by atoms with Crippen LogP contribution in [0.4, 0.5) is 4.79 Å². The molecule has 4 atom stereocenters. The molecule has 5 nitrogen and oxygen atoms in total. The minimum absolute atomic E-state index is 0.00701. The number of amides is 2. The van der Waals surface area contributed by atoms with Gasteiger partial charge in [-0.05, 0) is 68.6 Å². The van der Waals surface area contributed by atoms with Crippen LogP contribution in [0, 0.1) is 11.8 Å². The Balaban J connectivity index is 1.44. The number of carbonyl (C=O) groups is 2. The largest absolute Gasteiger partial charge is 0.446 e. The molecule has 2 amide bonds. The van der Waals surface area contributed by atoms with Crippen molar-refractivity contribution in [1.82, 2.24) is 10.2 Å². The molecule has 1 saturated carbocycles. The topological polar surface area (TPSA) is 58.6 Å². The minimum Gasteiger partial charge on any atom is -0.446 e. The zero-order valence-corrected chi connectivity index (χ0v) is 18.6. The summed E-state index contributed by atoms with van der Waals surface area (Å²) in [4.78, 5) is 27.5. The Bertz CT molecular complexity index is 768. The lowest BCUT2D eigenvalue weighted by Crippen LogP contribution is -2.58. The average Bonchev–Trinajstić information content (AvgIpc) is 3.10. The molecule has 1 spiro atoms. The Labute approximate surface area is 184 Å². The van der Waals surface area contributed by atoms with Crippen molar-refractivity contribution in [2.45, 2.75) is 82.9 Å². The average molecular weight is 433 g/mol. The summed E-state index contributed by atoms with van der Waals surface area (Å²) in [6.45, 7) is 3.53. The second-order valence-electron chi connectivity index (χ2n) is 9.17. The zero-order valence-electron chi connectivity index (χ0n) is 17.9. The van der Waals surface area contributed by atoms with E-state index in [1.807, 2.05) is 24.3 Å². The number of carbonyl (C=O) groups excluding carboxylic acids is 2. The van der Waals surface area contributed by atoms with Crippen molar-refractivity contribution < 1.29 is 14.3 Å². The molecule has 0 bridgehead atoms. The van der Waals surface area contributed by atoms with Gasteiger partial charge in [-0.2, -0.15) is 0 Å². The smallest absolute Gasteiger partial charge is 0.407 e. The quantitative estimate of drug-likeness (QED) is 0.686. The normalized spacial score (nSPS) is 30.9. The fourth-order valence-corrected chi connectivity index (χ4v) is 6.41. The predicted molar refractivity (Wildman–Crippen MR) is 117 cm³/mol. The number of alkyl carbamates (subject to hydrolysis) is 1. The summed E-state index contributed by atoms with van der Waals surface area (Å²) in [7, 11) is 0. The van der Waals surface area contributed by atoms with Gasteiger partial charge in [0.15, 0.2) is 0 Å². The standard InChI is InChI=1S/C24H33ClN2O3/c1-2-5-19-20-6-3-7-22(28)27-15-4-13-24(20,27)14-12-21(19)30-23(29)26-16-17-8-10-18(25)11-9-17/h8-11,19-21H,2-7,12-16H2,1H3,(H,26,29)/t19-,20+,21+,24-/m1/s1. The van der Waals surface area contributed by atoms with E-state index in [9.17, 15) is 9.59 Å². The lowest BCUT2D eigenvalue weighted by molar-refractivity contribution is -0.141. The summed E-state index contributed by atoms with van der Waals surface area (Å²) >= 11 is 5.93. The predicted octanol–water partition coefficient (Wildman–Crippen LogP) is 5.31. The second-order valence-corrected chi connectivity index (χ2v) is 9.60. The Morgan fingerprint density at radius 3 is 2.80 bits per heavy atom. The third kappa shape index (κ3) is 4.18. The van der Waals surface area contributed by atoms with Gasteiger partial charge in [0.25, 0.3) is 0 Å². The number of nitrogens with zero attached hydrogens (tertiary/aromatic N) is 1. The molecule has 2 aliphatic heterocycles. The monoisotopic (exact) mass is 432 g/mol. The van der Waals surface area contributed by atoms with Gasteiger partial charge in [-0.1, -0.05) is 37.1 Å². The molecule has 2 heterocycles. The summed E-state index contributed by atoms with van der Waals surface area (Å²) in [5, 5.41) is 3.58. The van der Waals surface area contributed by atoms with E-state index in [0.717, 1.165) is 63.5 Å². The summed E-state index contributed by atoms with van der Waals surface area (Å²) in [6.07, 6.45) is 8.41. The lowest BCUT2D eigenvalue weighted by atomic mass is 9.62. The first-order valence-electron chi connectivity index (χ1n) is 11.5. The summed E-state index contributed by atoms with van der Waals surface area (Å²) < 4.78 is 5.98. The first-order chi connectivity index (χ1) is 14.5. The molecule has 1 aromatic carbocycles. The molecule has 1 N–H and O–H groups in total. The first kappa shape index (κ1) is 21.5. The van der Waals surface area contributed by atoms with Gasteiger partial charge < -0.3 is 15.0 Å². The van der Waals surface area contributed by atoms with Crippen LogP contribution in [0.3, 0.4) is 0 Å². The second kappa shape index (κ2) is 9.17. The van der Waals surface area contributed by atoms with E-state index in [4.69, 9.17) is 16.3 Å². The Hall–Kier alpha value is -1.75. The third-order valence-electron chi connectivity index (χ3n) is 7.51. The van der Waals surface area contributed by atoms with Gasteiger partial charge in [-0.15, -0.1) is 0 Å². The Morgan fingerprint density at radius 1 is 1.23 bits per heavy atom. The molecule has 4 rings (SSSR count). The molecule has 6 heteroatoms. The molecular formula is C24H33ClN2O3. The van der Waals surface area contributed by atoms with Gasteiger partial charge in [-0.25, -0.2) is 4.79 Å². The molecule has 2 saturated heterocycles. The van der Waals surface area contributed by atoms with E-state index >= 15 is 0 Å². The van der Waals surface area contributed by atoms with Crippen molar-refractivity contribution in [2.75, 3.05) is 6.54 Å². The minimum atomic E-state index is -0.347. The highest BCUT2D eigenvalue weighted by Gasteiger charge is 2.56. The summed E-state index contributed by atoms with van der Waals surface area (Å²) in [6, 6.07) is 7.46. The van der Waals surface area contributed by atoms with Gasteiger partial charge in [0.1, 0.15) is 6.10 Å². The van der Waals surface area contributed by atoms with Crippen molar-refractivity contribution in [3.8, 4) is 0 Å². The molecule has 3 fully saturated rings. The first-order valence-corrected chi connectivity index (χ1v) is 11.9. The number of benzene rings is 1. The van der Waals surface area contributed by atoms with E-state index < -0.39 is 0 Å². The molecule has 0 aromatic heterocycles. The van der Waals surface area contributed by atoms with Crippen LogP contribution in [-0.4, -0.2) is 35.1 Å². The molecule has 30 heavy (non-hydrogen) atoms.